The van der Waals surface area contributed by atoms with Crippen LogP contribution < -0.4 is 9.47 Å². The Morgan fingerprint density at radius 3 is 1.80 bits per heavy atom. The molecular formula is C9H3BrF8O2. The van der Waals surface area contributed by atoms with Crippen LogP contribution in [0.25, 0.3) is 0 Å². The predicted octanol–water partition coefficient (Wildman–Crippen LogP) is 4.88. The Morgan fingerprint density at radius 1 is 0.850 bits per heavy atom. The quantitative estimate of drug-likeness (QED) is 0.702. The maximum atomic E-state index is 12.6. The van der Waals surface area contributed by atoms with Gasteiger partial charge in [-0.15, -0.1) is 13.2 Å². The topological polar surface area (TPSA) is 18.5 Å². The van der Waals surface area contributed by atoms with E-state index in [1.165, 1.54) is 0 Å². The molecule has 0 fully saturated rings. The van der Waals surface area contributed by atoms with Gasteiger partial charge in [0, 0.05) is 0 Å². The Labute approximate surface area is 114 Å². The van der Waals surface area contributed by atoms with Crippen LogP contribution in [-0.2, 0) is 0 Å². The van der Waals surface area contributed by atoms with Crippen LogP contribution in [0.15, 0.2) is 22.7 Å². The van der Waals surface area contributed by atoms with Crippen molar-refractivity contribution in [3.8, 4) is 11.5 Å². The van der Waals surface area contributed by atoms with Crippen molar-refractivity contribution in [1.82, 2.24) is 0 Å². The molecule has 1 aromatic rings. The molecule has 0 aliphatic heterocycles. The summed E-state index contributed by atoms with van der Waals surface area (Å²) < 4.78 is 103. The monoisotopic (exact) mass is 374 g/mol. The molecule has 1 rings (SSSR count). The molecule has 1 aromatic carbocycles. The average Bonchev–Trinajstić information content (AvgIpc) is 2.18. The fraction of sp³-hybridized carbons (Fsp3) is 0.333. The van der Waals surface area contributed by atoms with Gasteiger partial charge in [-0.05, 0) is 34.1 Å². The van der Waals surface area contributed by atoms with Gasteiger partial charge in [0.15, 0.2) is 0 Å². The van der Waals surface area contributed by atoms with Crippen molar-refractivity contribution in [2.45, 2.75) is 18.6 Å². The highest BCUT2D eigenvalue weighted by Crippen LogP contribution is 2.40. The van der Waals surface area contributed by atoms with Crippen LogP contribution in [0.4, 0.5) is 35.1 Å². The minimum Gasteiger partial charge on any atom is -0.425 e. The first-order chi connectivity index (χ1) is 8.82. The van der Waals surface area contributed by atoms with Gasteiger partial charge in [0.25, 0.3) is 0 Å². The van der Waals surface area contributed by atoms with Crippen molar-refractivity contribution in [1.29, 1.82) is 0 Å². The van der Waals surface area contributed by atoms with Crippen LogP contribution in [0, 0.1) is 0 Å². The van der Waals surface area contributed by atoms with Crippen LogP contribution in [0.2, 0.25) is 0 Å². The number of rotatable bonds is 3. The summed E-state index contributed by atoms with van der Waals surface area (Å²) in [5.74, 6) is -1.81. The van der Waals surface area contributed by atoms with E-state index < -0.39 is 34.6 Å². The van der Waals surface area contributed by atoms with Gasteiger partial charge < -0.3 is 9.47 Å². The lowest BCUT2D eigenvalue weighted by Gasteiger charge is -2.21. The van der Waals surface area contributed by atoms with Crippen LogP contribution in [0.1, 0.15) is 0 Å². The highest BCUT2D eigenvalue weighted by Gasteiger charge is 2.61. The second kappa shape index (κ2) is 5.26. The molecule has 0 heterocycles. The van der Waals surface area contributed by atoms with E-state index in [1.807, 2.05) is 0 Å². The molecule has 11 heteroatoms. The lowest BCUT2D eigenvalue weighted by Crippen LogP contribution is -2.41. The fourth-order valence-electron chi connectivity index (χ4n) is 0.957. The molecular weight excluding hydrogens is 372 g/mol. The summed E-state index contributed by atoms with van der Waals surface area (Å²) in [5.41, 5.74) is 0. The number of benzene rings is 1. The van der Waals surface area contributed by atoms with E-state index in [9.17, 15) is 35.1 Å². The van der Waals surface area contributed by atoms with Crippen LogP contribution in [-0.4, -0.2) is 18.6 Å². The Bertz CT molecular complexity index is 482. The first kappa shape index (κ1) is 16.8. The minimum absolute atomic E-state index is 0.477. The molecule has 0 atom stereocenters. The molecule has 2 nitrogen and oxygen atoms in total. The number of hydrogen-bond donors (Lipinski definition) is 0. The average molecular weight is 375 g/mol. The van der Waals surface area contributed by atoms with E-state index in [-0.39, 0.29) is 0 Å². The van der Waals surface area contributed by atoms with Gasteiger partial charge in [-0.2, -0.15) is 22.0 Å². The summed E-state index contributed by atoms with van der Waals surface area (Å²) >= 11 is 2.50. The van der Waals surface area contributed by atoms with Gasteiger partial charge in [0.1, 0.15) is 11.5 Å². The highest BCUT2D eigenvalue weighted by atomic mass is 79.9. The van der Waals surface area contributed by atoms with Gasteiger partial charge in [0.2, 0.25) is 0 Å². The number of alkyl halides is 8. The van der Waals surface area contributed by atoms with Crippen LogP contribution in [0.5, 0.6) is 11.5 Å². The standard InChI is InChI=1S/C9H3BrF8O2/c10-5-3-4(19-9(16,17)18)1-2-6(5)20-8(14,15)7(11,12)13/h1-3H. The zero-order chi connectivity index (χ0) is 15.8. The molecule has 0 N–H and O–H groups in total. The normalized spacial score (nSPS) is 13.2. The van der Waals surface area contributed by atoms with Gasteiger partial charge in [-0.25, -0.2) is 0 Å². The zero-order valence-corrected chi connectivity index (χ0v) is 10.5. The smallest absolute Gasteiger partial charge is 0.425 e. The summed E-state index contributed by atoms with van der Waals surface area (Å²) in [5, 5.41) is 0. The molecule has 20 heavy (non-hydrogen) atoms. The summed E-state index contributed by atoms with van der Waals surface area (Å²) in [6.45, 7) is 0. The molecule has 0 aliphatic carbocycles. The Morgan fingerprint density at radius 2 is 1.40 bits per heavy atom. The molecule has 0 aliphatic rings. The van der Waals surface area contributed by atoms with Crippen molar-refractivity contribution < 1.29 is 44.6 Å². The third-order valence-electron chi connectivity index (χ3n) is 1.71. The predicted molar refractivity (Wildman–Crippen MR) is 52.5 cm³/mol. The van der Waals surface area contributed by atoms with E-state index in [0.717, 1.165) is 0 Å². The summed E-state index contributed by atoms with van der Waals surface area (Å²) in [6.07, 6.45) is -16.5. The van der Waals surface area contributed by atoms with E-state index >= 15 is 0 Å². The molecule has 0 unspecified atom stereocenters. The zero-order valence-electron chi connectivity index (χ0n) is 8.95. The van der Waals surface area contributed by atoms with Gasteiger partial charge >= 0.3 is 18.6 Å². The fourth-order valence-corrected chi connectivity index (χ4v) is 1.40. The second-order valence-corrected chi connectivity index (χ2v) is 4.11. The Balaban J connectivity index is 2.95. The highest BCUT2D eigenvalue weighted by molar-refractivity contribution is 9.10. The van der Waals surface area contributed by atoms with Gasteiger partial charge in [0.05, 0.1) is 4.47 Å². The van der Waals surface area contributed by atoms with E-state index in [2.05, 4.69) is 25.4 Å². The second-order valence-electron chi connectivity index (χ2n) is 3.26. The minimum atomic E-state index is -5.96. The van der Waals surface area contributed by atoms with E-state index in [0.29, 0.717) is 18.2 Å². The first-order valence-corrected chi connectivity index (χ1v) is 5.30. The third-order valence-corrected chi connectivity index (χ3v) is 2.32. The summed E-state index contributed by atoms with van der Waals surface area (Å²) in [7, 11) is 0. The largest absolute Gasteiger partial charge is 0.573 e. The van der Waals surface area contributed by atoms with Crippen molar-refractivity contribution >= 4 is 15.9 Å². The van der Waals surface area contributed by atoms with Gasteiger partial charge in [-0.1, -0.05) is 0 Å². The van der Waals surface area contributed by atoms with Crippen molar-refractivity contribution in [3.63, 3.8) is 0 Å². The van der Waals surface area contributed by atoms with Gasteiger partial charge in [-0.3, -0.25) is 0 Å². The molecule has 0 spiro atoms. The van der Waals surface area contributed by atoms with Crippen LogP contribution in [0.3, 0.4) is 0 Å². The van der Waals surface area contributed by atoms with E-state index in [4.69, 9.17) is 0 Å². The Kier molecular flexibility index (Phi) is 4.42. The molecule has 0 aromatic heterocycles. The molecule has 0 radical (unpaired) electrons. The van der Waals surface area contributed by atoms with Crippen molar-refractivity contribution in [3.05, 3.63) is 22.7 Å². The number of hydrogen-bond acceptors (Lipinski definition) is 2. The molecule has 0 bridgehead atoms. The molecule has 0 saturated carbocycles. The SMILES string of the molecule is FC(F)(F)Oc1ccc(OC(F)(F)C(F)(F)F)c(Br)c1. The van der Waals surface area contributed by atoms with Crippen molar-refractivity contribution in [2.24, 2.45) is 0 Å². The maximum absolute atomic E-state index is 12.6. The maximum Gasteiger partial charge on any atom is 0.573 e. The van der Waals surface area contributed by atoms with E-state index in [1.54, 1.807) is 0 Å². The Hall–Kier alpha value is -1.26. The first-order valence-electron chi connectivity index (χ1n) is 4.51. The van der Waals surface area contributed by atoms with Crippen LogP contribution >= 0.6 is 15.9 Å². The lowest BCUT2D eigenvalue weighted by atomic mass is 10.3. The summed E-state index contributed by atoms with van der Waals surface area (Å²) in [6, 6.07) is 1.54. The molecule has 114 valence electrons. The molecule has 0 amide bonds. The van der Waals surface area contributed by atoms with Crippen molar-refractivity contribution in [2.75, 3.05) is 0 Å². The summed E-state index contributed by atoms with van der Waals surface area (Å²) in [4.78, 5) is 0. The number of ether oxygens (including phenoxy) is 2. The molecule has 0 saturated heterocycles. The lowest BCUT2D eigenvalue weighted by molar-refractivity contribution is -0.360. The number of halogens is 9. The third kappa shape index (κ3) is 4.39.